The van der Waals surface area contributed by atoms with Crippen LogP contribution in [0, 0.1) is 19.3 Å². The first-order valence-electron chi connectivity index (χ1n) is 11.5. The Labute approximate surface area is 173 Å². The van der Waals surface area contributed by atoms with Crippen LogP contribution in [-0.4, -0.2) is 12.1 Å². The normalized spacial score (nSPS) is 15.5. The molecule has 2 nitrogen and oxygen atoms in total. The number of carbonyl (C=O) groups is 1. The van der Waals surface area contributed by atoms with E-state index in [1.165, 1.54) is 74.5 Å². The summed E-state index contributed by atoms with van der Waals surface area (Å²) in [5, 5.41) is 0. The molecule has 1 aromatic rings. The molecule has 0 radical (unpaired) electrons. The van der Waals surface area contributed by atoms with Gasteiger partial charge in [-0.05, 0) is 93.7 Å². The van der Waals surface area contributed by atoms with E-state index in [0.29, 0.717) is 11.9 Å². The van der Waals surface area contributed by atoms with Crippen molar-refractivity contribution in [2.45, 2.75) is 117 Å². The van der Waals surface area contributed by atoms with Crippen LogP contribution in [0.25, 0.3) is 0 Å². The molecule has 1 aromatic carbocycles. The Hall–Kier alpha value is -1.31. The van der Waals surface area contributed by atoms with Crippen molar-refractivity contribution in [1.82, 2.24) is 0 Å². The molecule has 1 aliphatic carbocycles. The van der Waals surface area contributed by atoms with Crippen LogP contribution in [0.3, 0.4) is 0 Å². The number of hydrogen-bond acceptors (Lipinski definition) is 2. The van der Waals surface area contributed by atoms with Crippen molar-refractivity contribution < 1.29 is 9.53 Å². The van der Waals surface area contributed by atoms with Gasteiger partial charge in [0.1, 0.15) is 5.60 Å². The molecule has 0 spiro atoms. The first-order chi connectivity index (χ1) is 13.2. The van der Waals surface area contributed by atoms with E-state index in [2.05, 4.69) is 46.8 Å². The maximum atomic E-state index is 10.6. The summed E-state index contributed by atoms with van der Waals surface area (Å²) in [7, 11) is 0. The fraction of sp³-hybridized carbons (Fsp3) is 0.731. The molecule has 1 aliphatic rings. The molecule has 1 fully saturated rings. The topological polar surface area (TPSA) is 26.3 Å². The minimum absolute atomic E-state index is 0.0822. The molecule has 2 heteroatoms. The predicted octanol–water partition coefficient (Wildman–Crippen LogP) is 7.26. The lowest BCUT2D eigenvalue weighted by Crippen LogP contribution is -2.12. The van der Waals surface area contributed by atoms with Gasteiger partial charge in [-0.3, -0.25) is 4.79 Å². The highest BCUT2D eigenvalue weighted by Crippen LogP contribution is 2.43. The molecule has 28 heavy (non-hydrogen) atoms. The second-order valence-electron chi connectivity index (χ2n) is 10.3. The number of rotatable bonds is 13. The van der Waals surface area contributed by atoms with Crippen LogP contribution >= 0.6 is 0 Å². The lowest BCUT2D eigenvalue weighted by atomic mass is 9.88. The number of hydrogen-bond donors (Lipinski definition) is 0. The zero-order valence-corrected chi connectivity index (χ0v) is 19.0. The smallest absolute Gasteiger partial charge is 0.293 e. The summed E-state index contributed by atoms with van der Waals surface area (Å²) in [5.74, 6) is 0. The van der Waals surface area contributed by atoms with Crippen LogP contribution in [0.4, 0.5) is 0 Å². The molecule has 0 aromatic heterocycles. The molecule has 0 heterocycles. The molecule has 0 amide bonds. The third-order valence-electron chi connectivity index (χ3n) is 6.32. The van der Waals surface area contributed by atoms with E-state index in [9.17, 15) is 4.79 Å². The van der Waals surface area contributed by atoms with Gasteiger partial charge in [0.2, 0.25) is 0 Å². The van der Waals surface area contributed by atoms with Gasteiger partial charge in [-0.1, -0.05) is 57.7 Å². The van der Waals surface area contributed by atoms with Gasteiger partial charge in [0.15, 0.2) is 0 Å². The molecule has 0 atom stereocenters. The summed E-state index contributed by atoms with van der Waals surface area (Å²) in [6.45, 7) is 12.2. The third kappa shape index (κ3) is 7.97. The summed E-state index contributed by atoms with van der Waals surface area (Å²) in [5.41, 5.74) is 6.40. The number of aryl methyl sites for hydroxylation is 3. The molecule has 0 unspecified atom stereocenters. The van der Waals surface area contributed by atoms with Gasteiger partial charge >= 0.3 is 0 Å². The number of ether oxygens (including phenoxy) is 1. The highest BCUT2D eigenvalue weighted by Gasteiger charge is 2.44. The van der Waals surface area contributed by atoms with Crippen LogP contribution in [0.1, 0.15) is 107 Å². The third-order valence-corrected chi connectivity index (χ3v) is 6.32. The maximum absolute atomic E-state index is 10.6. The van der Waals surface area contributed by atoms with Crippen molar-refractivity contribution >= 4 is 6.47 Å². The number of benzene rings is 1. The Bertz CT molecular complexity index is 620. The van der Waals surface area contributed by atoms with E-state index < -0.39 is 0 Å². The van der Waals surface area contributed by atoms with Crippen LogP contribution in [-0.2, 0) is 22.4 Å². The summed E-state index contributed by atoms with van der Waals surface area (Å²) in [4.78, 5) is 10.6. The van der Waals surface area contributed by atoms with Crippen molar-refractivity contribution in [3.8, 4) is 0 Å². The molecule has 0 bridgehead atoms. The zero-order chi connectivity index (χ0) is 20.6. The average Bonchev–Trinajstić information content (AvgIpc) is 3.36. The zero-order valence-electron chi connectivity index (χ0n) is 19.0. The summed E-state index contributed by atoms with van der Waals surface area (Å²) >= 11 is 0. The maximum Gasteiger partial charge on any atom is 0.293 e. The molecular weight excluding hydrogens is 344 g/mol. The quantitative estimate of drug-likeness (QED) is 0.263. The van der Waals surface area contributed by atoms with Crippen LogP contribution in [0.2, 0.25) is 0 Å². The summed E-state index contributed by atoms with van der Waals surface area (Å²) in [6, 6.07) is 4.78. The second-order valence-corrected chi connectivity index (χ2v) is 10.3. The van der Waals surface area contributed by atoms with Crippen molar-refractivity contribution in [3.63, 3.8) is 0 Å². The standard InChI is InChI=1S/C26H42O2/c1-21-18-23(12-8-6-10-14-25(3,4)5)22(2)24(19-21)13-9-7-11-15-26(16-17-26)28-20-27/h18-20H,6-17H2,1-5H3. The molecular formula is C26H42O2. The van der Waals surface area contributed by atoms with Crippen LogP contribution in [0.5, 0.6) is 0 Å². The summed E-state index contributed by atoms with van der Waals surface area (Å²) in [6.07, 6.45) is 14.5. The lowest BCUT2D eigenvalue weighted by Gasteiger charge is -2.18. The highest BCUT2D eigenvalue weighted by atomic mass is 16.5. The van der Waals surface area contributed by atoms with E-state index >= 15 is 0 Å². The Morgan fingerprint density at radius 2 is 1.50 bits per heavy atom. The Balaban J connectivity index is 1.74. The first kappa shape index (κ1) is 23.0. The summed E-state index contributed by atoms with van der Waals surface area (Å²) < 4.78 is 5.25. The van der Waals surface area contributed by atoms with Gasteiger partial charge in [0, 0.05) is 0 Å². The van der Waals surface area contributed by atoms with Gasteiger partial charge in [0.25, 0.3) is 6.47 Å². The Morgan fingerprint density at radius 1 is 0.929 bits per heavy atom. The van der Waals surface area contributed by atoms with Gasteiger partial charge in [-0.2, -0.15) is 0 Å². The molecule has 0 aliphatic heterocycles. The van der Waals surface area contributed by atoms with Crippen molar-refractivity contribution in [1.29, 1.82) is 0 Å². The molecule has 158 valence electrons. The monoisotopic (exact) mass is 386 g/mol. The molecule has 1 saturated carbocycles. The minimum atomic E-state index is -0.0822. The molecule has 2 rings (SSSR count). The first-order valence-corrected chi connectivity index (χ1v) is 11.5. The van der Waals surface area contributed by atoms with Crippen molar-refractivity contribution in [2.75, 3.05) is 0 Å². The van der Waals surface area contributed by atoms with Gasteiger partial charge < -0.3 is 4.74 Å². The Kier molecular flexibility index (Phi) is 8.58. The second kappa shape index (κ2) is 10.5. The van der Waals surface area contributed by atoms with E-state index in [4.69, 9.17) is 4.74 Å². The number of carbonyl (C=O) groups excluding carboxylic acids is 1. The van der Waals surface area contributed by atoms with Crippen LogP contribution in [0.15, 0.2) is 12.1 Å². The average molecular weight is 387 g/mol. The van der Waals surface area contributed by atoms with E-state index in [1.54, 1.807) is 5.56 Å². The highest BCUT2D eigenvalue weighted by molar-refractivity contribution is 5.39. The fourth-order valence-electron chi connectivity index (χ4n) is 4.29. The van der Waals surface area contributed by atoms with Crippen molar-refractivity contribution in [2.24, 2.45) is 5.41 Å². The van der Waals surface area contributed by atoms with Gasteiger partial charge in [-0.15, -0.1) is 0 Å². The van der Waals surface area contributed by atoms with Gasteiger partial charge in [0.05, 0.1) is 0 Å². The van der Waals surface area contributed by atoms with E-state index in [-0.39, 0.29) is 5.60 Å². The number of unbranched alkanes of at least 4 members (excludes halogenated alkanes) is 4. The van der Waals surface area contributed by atoms with Gasteiger partial charge in [-0.25, -0.2) is 0 Å². The SMILES string of the molecule is Cc1cc(CCCCCC(C)(C)C)c(C)c(CCCCCC2(OC=O)CC2)c1. The predicted molar refractivity (Wildman–Crippen MR) is 119 cm³/mol. The largest absolute Gasteiger partial charge is 0.461 e. The Morgan fingerprint density at radius 3 is 2.00 bits per heavy atom. The van der Waals surface area contributed by atoms with E-state index in [0.717, 1.165) is 19.3 Å². The van der Waals surface area contributed by atoms with Crippen LogP contribution < -0.4 is 0 Å². The molecule has 0 saturated heterocycles. The minimum Gasteiger partial charge on any atom is -0.461 e. The van der Waals surface area contributed by atoms with Crippen molar-refractivity contribution in [3.05, 3.63) is 34.4 Å². The fourth-order valence-corrected chi connectivity index (χ4v) is 4.29. The van der Waals surface area contributed by atoms with E-state index in [1.807, 2.05) is 0 Å². The lowest BCUT2D eigenvalue weighted by molar-refractivity contribution is -0.135. The molecule has 0 N–H and O–H groups in total.